The first-order valence-electron chi connectivity index (χ1n) is 5.77. The molecule has 2 nitrogen and oxygen atoms in total. The first-order valence-corrected chi connectivity index (χ1v) is 5.77. The summed E-state index contributed by atoms with van der Waals surface area (Å²) in [5.41, 5.74) is 0. The lowest BCUT2D eigenvalue weighted by atomic mass is 10.2. The molecule has 0 saturated carbocycles. The lowest BCUT2D eigenvalue weighted by molar-refractivity contribution is -0.161. The first-order chi connectivity index (χ1) is 6.70. The summed E-state index contributed by atoms with van der Waals surface area (Å²) in [5, 5.41) is 0. The fraction of sp³-hybridized carbons (Fsp3) is 0.917. The molecule has 0 heterocycles. The summed E-state index contributed by atoms with van der Waals surface area (Å²) in [6.45, 7) is 10.8. The van der Waals surface area contributed by atoms with Crippen LogP contribution < -0.4 is 0 Å². The predicted molar refractivity (Wildman–Crippen MR) is 60.1 cm³/mol. The molecule has 0 saturated heterocycles. The molecule has 0 aliphatic rings. The molecule has 85 valence electrons. The van der Waals surface area contributed by atoms with Gasteiger partial charge in [0, 0.05) is 6.61 Å². The zero-order valence-electron chi connectivity index (χ0n) is 9.92. The summed E-state index contributed by atoms with van der Waals surface area (Å²) in [6, 6.07) is 0. The molecule has 0 aliphatic heterocycles. The number of rotatable bonds is 9. The molecule has 0 amide bonds. The molecule has 0 N–H and O–H groups in total. The Labute approximate surface area is 89.0 Å². The van der Waals surface area contributed by atoms with Crippen molar-refractivity contribution < 1.29 is 9.47 Å². The molecule has 0 rings (SSSR count). The van der Waals surface area contributed by atoms with Gasteiger partial charge in [-0.05, 0) is 33.6 Å². The van der Waals surface area contributed by atoms with Crippen molar-refractivity contribution in [3.63, 3.8) is 0 Å². The minimum atomic E-state index is -0.114. The summed E-state index contributed by atoms with van der Waals surface area (Å²) >= 11 is 0. The van der Waals surface area contributed by atoms with Gasteiger partial charge in [0.25, 0.3) is 0 Å². The Kier molecular flexibility index (Phi) is 9.42. The van der Waals surface area contributed by atoms with E-state index in [-0.39, 0.29) is 12.4 Å². The average Bonchev–Trinajstić information content (AvgIpc) is 2.15. The van der Waals surface area contributed by atoms with Crippen molar-refractivity contribution in [2.24, 2.45) is 0 Å². The highest BCUT2D eigenvalue weighted by Crippen LogP contribution is 2.06. The maximum Gasteiger partial charge on any atom is 0.157 e. The molecule has 0 spiro atoms. The van der Waals surface area contributed by atoms with E-state index < -0.39 is 0 Å². The number of unbranched alkanes of at least 4 members (excludes halogenated alkanes) is 3. The highest BCUT2D eigenvalue weighted by atomic mass is 16.7. The van der Waals surface area contributed by atoms with Crippen LogP contribution in [0.4, 0.5) is 0 Å². The Balaban J connectivity index is 3.33. The van der Waals surface area contributed by atoms with Gasteiger partial charge in [0.2, 0.25) is 0 Å². The van der Waals surface area contributed by atoms with E-state index in [1.54, 1.807) is 0 Å². The zero-order valence-corrected chi connectivity index (χ0v) is 9.92. The summed E-state index contributed by atoms with van der Waals surface area (Å²) in [6.07, 6.45) is 5.74. The lowest BCUT2D eigenvalue weighted by Gasteiger charge is -2.19. The van der Waals surface area contributed by atoms with Gasteiger partial charge in [-0.2, -0.15) is 0 Å². The smallest absolute Gasteiger partial charge is 0.157 e. The van der Waals surface area contributed by atoms with Crippen molar-refractivity contribution in [1.29, 1.82) is 0 Å². The van der Waals surface area contributed by atoms with E-state index in [0.717, 1.165) is 13.0 Å². The van der Waals surface area contributed by atoms with Gasteiger partial charge in [-0.15, -0.1) is 0 Å². The van der Waals surface area contributed by atoms with Crippen LogP contribution in [0.25, 0.3) is 0 Å². The summed E-state index contributed by atoms with van der Waals surface area (Å²) in [7, 11) is 0. The molecule has 2 heteroatoms. The van der Waals surface area contributed by atoms with Crippen LogP contribution in [-0.4, -0.2) is 19.0 Å². The normalized spacial score (nSPS) is 13.5. The predicted octanol–water partition coefficient (Wildman–Crippen LogP) is 3.56. The molecule has 1 radical (unpaired) electrons. The number of hydrogen-bond acceptors (Lipinski definition) is 2. The van der Waals surface area contributed by atoms with Gasteiger partial charge in [0.15, 0.2) is 6.29 Å². The third-order valence-corrected chi connectivity index (χ3v) is 1.96. The van der Waals surface area contributed by atoms with Crippen molar-refractivity contribution in [2.45, 2.75) is 65.3 Å². The van der Waals surface area contributed by atoms with Crippen molar-refractivity contribution in [3.05, 3.63) is 6.92 Å². The Bertz CT molecular complexity index is 113. The van der Waals surface area contributed by atoms with E-state index in [1.807, 2.05) is 13.8 Å². The van der Waals surface area contributed by atoms with Gasteiger partial charge < -0.3 is 9.47 Å². The first kappa shape index (κ1) is 13.9. The molecule has 0 aliphatic carbocycles. The second kappa shape index (κ2) is 9.47. The Morgan fingerprint density at radius 1 is 1.14 bits per heavy atom. The number of hydrogen-bond donors (Lipinski definition) is 0. The zero-order chi connectivity index (χ0) is 10.8. The van der Waals surface area contributed by atoms with Crippen LogP contribution in [0.3, 0.4) is 0 Å². The molecular weight excluding hydrogens is 176 g/mol. The minimum absolute atomic E-state index is 0.114. The van der Waals surface area contributed by atoms with Crippen molar-refractivity contribution in [2.75, 3.05) is 6.61 Å². The van der Waals surface area contributed by atoms with Crippen molar-refractivity contribution in [3.8, 4) is 0 Å². The van der Waals surface area contributed by atoms with E-state index in [2.05, 4.69) is 13.8 Å². The number of ether oxygens (including phenoxy) is 2. The standard InChI is InChI=1S/C12H25O2/c1-5-7-8-9-10-13-12(6-2)14-11(3)4/h11-12H,2,5-10H2,1,3-4H3. The molecular formula is C12H25O2. The average molecular weight is 201 g/mol. The molecule has 14 heavy (non-hydrogen) atoms. The molecule has 0 aromatic heterocycles. The Hall–Kier alpha value is -0.0800. The molecule has 1 atom stereocenters. The van der Waals surface area contributed by atoms with E-state index in [1.165, 1.54) is 19.3 Å². The molecule has 0 bridgehead atoms. The lowest BCUT2D eigenvalue weighted by Crippen LogP contribution is -2.21. The second-order valence-electron chi connectivity index (χ2n) is 3.83. The fourth-order valence-corrected chi connectivity index (χ4v) is 1.24. The topological polar surface area (TPSA) is 18.5 Å². The molecule has 0 aromatic carbocycles. The van der Waals surface area contributed by atoms with Crippen LogP contribution in [0.15, 0.2) is 0 Å². The second-order valence-corrected chi connectivity index (χ2v) is 3.83. The summed E-state index contributed by atoms with van der Waals surface area (Å²) in [4.78, 5) is 0. The summed E-state index contributed by atoms with van der Waals surface area (Å²) < 4.78 is 11.1. The largest absolute Gasteiger partial charge is 0.353 e. The van der Waals surface area contributed by atoms with Gasteiger partial charge >= 0.3 is 0 Å². The van der Waals surface area contributed by atoms with Gasteiger partial charge in [0.1, 0.15) is 0 Å². The molecule has 0 aromatic rings. The SMILES string of the molecule is [CH2]CC(OCCCCCC)OC(C)C. The van der Waals surface area contributed by atoms with E-state index in [0.29, 0.717) is 6.42 Å². The van der Waals surface area contributed by atoms with Gasteiger partial charge in [-0.3, -0.25) is 0 Å². The Morgan fingerprint density at radius 3 is 2.36 bits per heavy atom. The maximum atomic E-state index is 5.56. The Morgan fingerprint density at radius 2 is 1.86 bits per heavy atom. The van der Waals surface area contributed by atoms with Crippen LogP contribution in [0.5, 0.6) is 0 Å². The minimum Gasteiger partial charge on any atom is -0.353 e. The van der Waals surface area contributed by atoms with Crippen LogP contribution in [0.2, 0.25) is 0 Å². The van der Waals surface area contributed by atoms with Gasteiger partial charge in [0.05, 0.1) is 6.10 Å². The van der Waals surface area contributed by atoms with Crippen LogP contribution in [0, 0.1) is 6.92 Å². The highest BCUT2D eigenvalue weighted by molar-refractivity contribution is 4.50. The third kappa shape index (κ3) is 8.52. The van der Waals surface area contributed by atoms with Gasteiger partial charge in [-0.1, -0.05) is 26.2 Å². The van der Waals surface area contributed by atoms with Crippen molar-refractivity contribution in [1.82, 2.24) is 0 Å². The van der Waals surface area contributed by atoms with E-state index in [9.17, 15) is 0 Å². The van der Waals surface area contributed by atoms with Gasteiger partial charge in [-0.25, -0.2) is 0 Å². The quantitative estimate of drug-likeness (QED) is 0.419. The highest BCUT2D eigenvalue weighted by Gasteiger charge is 2.07. The third-order valence-electron chi connectivity index (χ3n) is 1.96. The van der Waals surface area contributed by atoms with E-state index in [4.69, 9.17) is 9.47 Å². The summed E-state index contributed by atoms with van der Waals surface area (Å²) in [5.74, 6) is 0. The van der Waals surface area contributed by atoms with Crippen molar-refractivity contribution >= 4 is 0 Å². The monoisotopic (exact) mass is 201 g/mol. The van der Waals surface area contributed by atoms with Crippen LogP contribution in [0.1, 0.15) is 52.9 Å². The van der Waals surface area contributed by atoms with Crippen LogP contribution in [-0.2, 0) is 9.47 Å². The molecule has 1 unspecified atom stereocenters. The molecule has 0 fully saturated rings. The van der Waals surface area contributed by atoms with Crippen LogP contribution >= 0.6 is 0 Å². The maximum absolute atomic E-state index is 5.56. The fourth-order valence-electron chi connectivity index (χ4n) is 1.24. The van der Waals surface area contributed by atoms with E-state index >= 15 is 0 Å².